The molecule has 2 N–H and O–H groups in total. The van der Waals surface area contributed by atoms with Gasteiger partial charge in [0.1, 0.15) is 18.1 Å². The fraction of sp³-hybridized carbons (Fsp3) is 0.0769. The van der Waals surface area contributed by atoms with E-state index in [2.05, 4.69) is 42.4 Å². The number of phenolic OH excluding ortho intramolecular Hbond substituents is 1. The Morgan fingerprint density at radius 2 is 1.64 bits per heavy atom. The minimum absolute atomic E-state index is 0.0954. The number of carbonyl (C=O) groups excluding carboxylic acids is 1. The van der Waals surface area contributed by atoms with Crippen LogP contribution in [0.5, 0.6) is 11.5 Å². The van der Waals surface area contributed by atoms with Gasteiger partial charge in [0, 0.05) is 0 Å². The van der Waals surface area contributed by atoms with Gasteiger partial charge in [-0.25, -0.2) is 5.43 Å². The summed E-state index contributed by atoms with van der Waals surface area (Å²) in [4.78, 5) is 12.5. The van der Waals surface area contributed by atoms with Gasteiger partial charge in [0.05, 0.1) is 20.7 Å². The maximum absolute atomic E-state index is 12.5. The van der Waals surface area contributed by atoms with Gasteiger partial charge in [0.2, 0.25) is 0 Å². The van der Waals surface area contributed by atoms with Crippen LogP contribution in [0, 0.1) is 6.92 Å². The maximum atomic E-state index is 12.5. The third kappa shape index (κ3) is 5.61. The Hall–Kier alpha value is -3.16. The van der Waals surface area contributed by atoms with Crippen LogP contribution in [0.3, 0.4) is 0 Å². The van der Waals surface area contributed by atoms with E-state index in [-0.39, 0.29) is 11.3 Å². The number of rotatable bonds is 6. The van der Waals surface area contributed by atoms with Crippen molar-refractivity contribution in [2.75, 3.05) is 0 Å². The van der Waals surface area contributed by atoms with Crippen LogP contribution in [-0.4, -0.2) is 17.2 Å². The normalized spacial score (nSPS) is 11.1. The van der Waals surface area contributed by atoms with Crippen LogP contribution in [0.2, 0.25) is 0 Å². The fourth-order valence-corrected chi connectivity index (χ4v) is 4.72. The van der Waals surface area contributed by atoms with Gasteiger partial charge in [-0.15, -0.1) is 0 Å². The number of phenols is 1. The Kier molecular flexibility index (Phi) is 7.11. The summed E-state index contributed by atoms with van der Waals surface area (Å²) in [5.41, 5.74) is 5.65. The number of fused-ring (bicyclic) bond motifs is 1. The van der Waals surface area contributed by atoms with Gasteiger partial charge in [-0.3, -0.25) is 4.79 Å². The molecule has 0 spiro atoms. The lowest BCUT2D eigenvalue weighted by molar-refractivity contribution is 0.0952. The van der Waals surface area contributed by atoms with Crippen LogP contribution < -0.4 is 10.2 Å². The lowest BCUT2D eigenvalue weighted by Crippen LogP contribution is -2.17. The molecule has 33 heavy (non-hydrogen) atoms. The molecule has 1 amide bonds. The first-order chi connectivity index (χ1) is 15.9. The van der Waals surface area contributed by atoms with Crippen LogP contribution in [0.15, 0.2) is 86.8 Å². The van der Waals surface area contributed by atoms with Crippen LogP contribution >= 0.6 is 31.9 Å². The quantitative estimate of drug-likeness (QED) is 0.201. The number of halogens is 2. The molecule has 4 aromatic carbocycles. The first-order valence-corrected chi connectivity index (χ1v) is 11.7. The number of carbonyl (C=O) groups is 1. The molecular weight excluding hydrogens is 548 g/mol. The van der Waals surface area contributed by atoms with Crippen molar-refractivity contribution in [3.63, 3.8) is 0 Å². The van der Waals surface area contributed by atoms with Gasteiger partial charge in [-0.1, -0.05) is 54.1 Å². The van der Waals surface area contributed by atoms with E-state index in [0.29, 0.717) is 12.4 Å². The number of hydrogen-bond donors (Lipinski definition) is 2. The molecule has 0 aliphatic heterocycles. The van der Waals surface area contributed by atoms with Gasteiger partial charge < -0.3 is 9.84 Å². The van der Waals surface area contributed by atoms with Crippen LogP contribution in [0.1, 0.15) is 27.0 Å². The summed E-state index contributed by atoms with van der Waals surface area (Å²) in [7, 11) is 0. The molecular formula is C26H20Br2N2O3. The Balaban J connectivity index is 1.43. The van der Waals surface area contributed by atoms with E-state index in [1.165, 1.54) is 11.8 Å². The lowest BCUT2D eigenvalue weighted by atomic mass is 10.1. The van der Waals surface area contributed by atoms with E-state index < -0.39 is 5.91 Å². The summed E-state index contributed by atoms with van der Waals surface area (Å²) in [5.74, 6) is 0.0884. The third-order valence-corrected chi connectivity index (χ3v) is 6.19. The average molecular weight is 568 g/mol. The average Bonchev–Trinajstić information content (AvgIpc) is 2.79. The summed E-state index contributed by atoms with van der Waals surface area (Å²) >= 11 is 7.07. The summed E-state index contributed by atoms with van der Waals surface area (Å²) in [6, 6.07) is 22.6. The van der Waals surface area contributed by atoms with E-state index in [1.54, 1.807) is 12.1 Å². The minimum Gasteiger partial charge on any atom is -0.507 e. The highest BCUT2D eigenvalue weighted by molar-refractivity contribution is 9.11. The zero-order chi connectivity index (χ0) is 23.4. The predicted octanol–water partition coefficient (Wildman–Crippen LogP) is 6.72. The van der Waals surface area contributed by atoms with Crippen molar-refractivity contribution < 1.29 is 14.6 Å². The molecule has 0 aliphatic rings. The molecule has 0 unspecified atom stereocenters. The number of amides is 1. The summed E-state index contributed by atoms with van der Waals surface area (Å²) in [6.45, 7) is 2.49. The molecule has 4 aromatic rings. The molecule has 0 aliphatic carbocycles. The van der Waals surface area contributed by atoms with E-state index >= 15 is 0 Å². The molecule has 0 saturated heterocycles. The first-order valence-electron chi connectivity index (χ1n) is 10.1. The Labute approximate surface area is 208 Å². The molecule has 5 nitrogen and oxygen atoms in total. The molecule has 7 heteroatoms. The van der Waals surface area contributed by atoms with Crippen LogP contribution in [0.25, 0.3) is 10.8 Å². The van der Waals surface area contributed by atoms with Gasteiger partial charge in [-0.2, -0.15) is 5.10 Å². The minimum atomic E-state index is -0.495. The van der Waals surface area contributed by atoms with E-state index in [0.717, 1.165) is 30.8 Å². The number of nitrogens with zero attached hydrogens (tertiary/aromatic N) is 1. The SMILES string of the molecule is Cc1ccc(COc2c(Br)cc(C=NNC(=O)c3cc4ccccc4cc3O)cc2Br)cc1. The van der Waals surface area contributed by atoms with Crippen molar-refractivity contribution in [1.82, 2.24) is 5.43 Å². The molecule has 0 heterocycles. The number of ether oxygens (including phenoxy) is 1. The van der Waals surface area contributed by atoms with Gasteiger partial charge in [-0.05, 0) is 84.9 Å². The van der Waals surface area contributed by atoms with Crippen molar-refractivity contribution in [2.24, 2.45) is 5.10 Å². The monoisotopic (exact) mass is 566 g/mol. The maximum Gasteiger partial charge on any atom is 0.275 e. The number of hydrogen-bond acceptors (Lipinski definition) is 4. The van der Waals surface area contributed by atoms with Crippen LogP contribution in [0.4, 0.5) is 0 Å². The second-order valence-electron chi connectivity index (χ2n) is 7.50. The van der Waals surface area contributed by atoms with Gasteiger partial charge in [0.25, 0.3) is 5.91 Å². The number of aryl methyl sites for hydroxylation is 1. The highest BCUT2D eigenvalue weighted by Crippen LogP contribution is 2.35. The highest BCUT2D eigenvalue weighted by atomic mass is 79.9. The Morgan fingerprint density at radius 1 is 1.00 bits per heavy atom. The summed E-state index contributed by atoms with van der Waals surface area (Å²) in [6.07, 6.45) is 1.52. The molecule has 0 aromatic heterocycles. The number of nitrogens with one attached hydrogen (secondary N) is 1. The number of benzene rings is 4. The summed E-state index contributed by atoms with van der Waals surface area (Å²) < 4.78 is 7.47. The zero-order valence-corrected chi connectivity index (χ0v) is 20.9. The number of aromatic hydroxyl groups is 1. The molecule has 0 atom stereocenters. The molecule has 0 bridgehead atoms. The standard InChI is InChI=1S/C26H20Br2N2O3/c1-16-6-8-17(9-7-16)15-33-25-22(27)10-18(11-23(25)28)14-29-30-26(32)21-12-19-4-2-3-5-20(19)13-24(21)31/h2-14,31H,15H2,1H3,(H,30,32). The first kappa shape index (κ1) is 23.0. The number of hydrazone groups is 1. The van der Waals surface area contributed by atoms with Crippen molar-refractivity contribution in [3.8, 4) is 11.5 Å². The Bertz CT molecular complexity index is 1330. The van der Waals surface area contributed by atoms with Crippen molar-refractivity contribution >= 4 is 54.8 Å². The third-order valence-electron chi connectivity index (χ3n) is 5.01. The fourth-order valence-electron chi connectivity index (χ4n) is 3.27. The second kappa shape index (κ2) is 10.2. The van der Waals surface area contributed by atoms with E-state index in [4.69, 9.17) is 4.74 Å². The van der Waals surface area contributed by atoms with Crippen molar-refractivity contribution in [3.05, 3.63) is 104 Å². The lowest BCUT2D eigenvalue weighted by Gasteiger charge is -2.11. The van der Waals surface area contributed by atoms with Crippen molar-refractivity contribution in [1.29, 1.82) is 0 Å². The van der Waals surface area contributed by atoms with Gasteiger partial charge >= 0.3 is 0 Å². The van der Waals surface area contributed by atoms with E-state index in [1.807, 2.05) is 67.6 Å². The van der Waals surface area contributed by atoms with Crippen molar-refractivity contribution in [2.45, 2.75) is 13.5 Å². The largest absolute Gasteiger partial charge is 0.507 e. The van der Waals surface area contributed by atoms with Gasteiger partial charge in [0.15, 0.2) is 0 Å². The predicted molar refractivity (Wildman–Crippen MR) is 138 cm³/mol. The van der Waals surface area contributed by atoms with E-state index in [9.17, 15) is 9.90 Å². The molecule has 0 saturated carbocycles. The topological polar surface area (TPSA) is 70.9 Å². The summed E-state index contributed by atoms with van der Waals surface area (Å²) in [5, 5.41) is 16.0. The highest BCUT2D eigenvalue weighted by Gasteiger charge is 2.12. The zero-order valence-electron chi connectivity index (χ0n) is 17.7. The molecule has 166 valence electrons. The molecule has 4 rings (SSSR count). The van der Waals surface area contributed by atoms with Crippen LogP contribution in [-0.2, 0) is 6.61 Å². The smallest absolute Gasteiger partial charge is 0.275 e. The molecule has 0 radical (unpaired) electrons. The second-order valence-corrected chi connectivity index (χ2v) is 9.21. The Morgan fingerprint density at radius 3 is 2.30 bits per heavy atom. The molecule has 0 fully saturated rings.